The minimum atomic E-state index is 0.121. The summed E-state index contributed by atoms with van der Waals surface area (Å²) in [6.45, 7) is 7.86. The van der Waals surface area contributed by atoms with E-state index < -0.39 is 0 Å². The van der Waals surface area contributed by atoms with E-state index >= 15 is 0 Å². The Morgan fingerprint density at radius 1 is 1.33 bits per heavy atom. The Bertz CT molecular complexity index is 404. The molecule has 0 radical (unpaired) electrons. The standard InChI is InChI=1S/C16H24ClN/c1-4-12(5-2)14-8-7-13(11-15(14)17)16(3)9-6-10-18-16/h7-8,11-12,18H,4-6,9-10H2,1-3H3. The van der Waals surface area contributed by atoms with E-state index in [2.05, 4.69) is 44.3 Å². The van der Waals surface area contributed by atoms with Crippen LogP contribution in [0.4, 0.5) is 0 Å². The lowest BCUT2D eigenvalue weighted by Gasteiger charge is -2.26. The molecule has 1 aromatic rings. The van der Waals surface area contributed by atoms with Crippen molar-refractivity contribution in [2.24, 2.45) is 0 Å². The highest BCUT2D eigenvalue weighted by Crippen LogP contribution is 2.36. The first-order valence-electron chi connectivity index (χ1n) is 7.15. The highest BCUT2D eigenvalue weighted by molar-refractivity contribution is 6.31. The van der Waals surface area contributed by atoms with Gasteiger partial charge >= 0.3 is 0 Å². The smallest absolute Gasteiger partial charge is 0.0444 e. The van der Waals surface area contributed by atoms with Crippen LogP contribution >= 0.6 is 11.6 Å². The third-order valence-corrected chi connectivity index (χ3v) is 4.76. The predicted octanol–water partition coefficient (Wildman–Crippen LogP) is 4.84. The molecule has 0 amide bonds. The average Bonchev–Trinajstić information content (AvgIpc) is 2.81. The predicted molar refractivity (Wildman–Crippen MR) is 79.4 cm³/mol. The largest absolute Gasteiger partial charge is 0.308 e. The monoisotopic (exact) mass is 265 g/mol. The van der Waals surface area contributed by atoms with Gasteiger partial charge in [-0.2, -0.15) is 0 Å². The van der Waals surface area contributed by atoms with Crippen molar-refractivity contribution >= 4 is 11.6 Å². The molecule has 100 valence electrons. The molecule has 1 unspecified atom stereocenters. The van der Waals surface area contributed by atoms with Crippen molar-refractivity contribution in [2.45, 2.75) is 57.9 Å². The Kier molecular flexibility index (Phi) is 4.34. The molecule has 0 aromatic heterocycles. The quantitative estimate of drug-likeness (QED) is 0.821. The van der Waals surface area contributed by atoms with Gasteiger partial charge in [0.15, 0.2) is 0 Å². The summed E-state index contributed by atoms with van der Waals surface area (Å²) in [5.41, 5.74) is 2.77. The fraction of sp³-hybridized carbons (Fsp3) is 0.625. The summed E-state index contributed by atoms with van der Waals surface area (Å²) >= 11 is 6.49. The molecule has 1 aliphatic rings. The van der Waals surface area contributed by atoms with Crippen LogP contribution in [0, 0.1) is 0 Å². The molecule has 1 aliphatic heterocycles. The third-order valence-electron chi connectivity index (χ3n) is 4.43. The normalized spacial score (nSPS) is 23.8. The maximum atomic E-state index is 6.49. The molecular weight excluding hydrogens is 242 g/mol. The van der Waals surface area contributed by atoms with E-state index in [1.807, 2.05) is 0 Å². The second-order valence-corrected chi connectivity index (χ2v) is 6.02. The van der Waals surface area contributed by atoms with Crippen molar-refractivity contribution < 1.29 is 0 Å². The molecular formula is C16H24ClN. The fourth-order valence-corrected chi connectivity index (χ4v) is 3.41. The van der Waals surface area contributed by atoms with Gasteiger partial charge in [-0.25, -0.2) is 0 Å². The molecule has 1 aromatic carbocycles. The van der Waals surface area contributed by atoms with Crippen LogP contribution in [-0.2, 0) is 5.54 Å². The Morgan fingerprint density at radius 2 is 2.06 bits per heavy atom. The Balaban J connectivity index is 2.29. The van der Waals surface area contributed by atoms with Crippen molar-refractivity contribution in [1.29, 1.82) is 0 Å². The Hall–Kier alpha value is -0.530. The first-order valence-corrected chi connectivity index (χ1v) is 7.53. The van der Waals surface area contributed by atoms with Gasteiger partial charge in [-0.05, 0) is 62.3 Å². The lowest BCUT2D eigenvalue weighted by Crippen LogP contribution is -2.33. The molecule has 1 nitrogen and oxygen atoms in total. The van der Waals surface area contributed by atoms with Gasteiger partial charge in [-0.1, -0.05) is 37.6 Å². The maximum absolute atomic E-state index is 6.49. The second-order valence-electron chi connectivity index (χ2n) is 5.61. The van der Waals surface area contributed by atoms with Crippen molar-refractivity contribution in [2.75, 3.05) is 6.54 Å². The van der Waals surface area contributed by atoms with Crippen LogP contribution in [0.3, 0.4) is 0 Å². The van der Waals surface area contributed by atoms with Crippen LogP contribution < -0.4 is 5.32 Å². The second kappa shape index (κ2) is 5.63. The summed E-state index contributed by atoms with van der Waals surface area (Å²) in [5.74, 6) is 0.593. The summed E-state index contributed by atoms with van der Waals surface area (Å²) in [6.07, 6.45) is 4.77. The van der Waals surface area contributed by atoms with E-state index in [1.165, 1.54) is 24.0 Å². The van der Waals surface area contributed by atoms with Gasteiger partial charge in [0.1, 0.15) is 0 Å². The zero-order chi connectivity index (χ0) is 13.2. The van der Waals surface area contributed by atoms with E-state index in [-0.39, 0.29) is 5.54 Å². The first-order chi connectivity index (χ1) is 8.60. The molecule has 1 fully saturated rings. The average molecular weight is 266 g/mol. The first kappa shape index (κ1) is 13.9. The number of nitrogens with one attached hydrogen (secondary N) is 1. The van der Waals surface area contributed by atoms with Gasteiger partial charge in [-0.3, -0.25) is 0 Å². The van der Waals surface area contributed by atoms with E-state index in [0.717, 1.165) is 24.4 Å². The van der Waals surface area contributed by atoms with Crippen molar-refractivity contribution in [3.63, 3.8) is 0 Å². The highest BCUT2D eigenvalue weighted by atomic mass is 35.5. The van der Waals surface area contributed by atoms with Crippen LogP contribution in [0.2, 0.25) is 5.02 Å². The summed E-state index contributed by atoms with van der Waals surface area (Å²) in [7, 11) is 0. The highest BCUT2D eigenvalue weighted by Gasteiger charge is 2.30. The summed E-state index contributed by atoms with van der Waals surface area (Å²) in [4.78, 5) is 0. The van der Waals surface area contributed by atoms with E-state index in [4.69, 9.17) is 11.6 Å². The lowest BCUT2D eigenvalue weighted by molar-refractivity contribution is 0.434. The van der Waals surface area contributed by atoms with Gasteiger partial charge < -0.3 is 5.32 Å². The number of benzene rings is 1. The van der Waals surface area contributed by atoms with Gasteiger partial charge in [0.2, 0.25) is 0 Å². The molecule has 2 heteroatoms. The summed E-state index contributed by atoms with van der Waals surface area (Å²) < 4.78 is 0. The molecule has 1 N–H and O–H groups in total. The van der Waals surface area contributed by atoms with Crippen LogP contribution in [-0.4, -0.2) is 6.54 Å². The minimum Gasteiger partial charge on any atom is -0.308 e. The lowest BCUT2D eigenvalue weighted by atomic mass is 9.87. The number of halogens is 1. The van der Waals surface area contributed by atoms with Crippen molar-refractivity contribution in [1.82, 2.24) is 5.32 Å². The molecule has 1 atom stereocenters. The molecule has 0 spiro atoms. The van der Waals surface area contributed by atoms with Crippen LogP contribution in [0.25, 0.3) is 0 Å². The minimum absolute atomic E-state index is 0.121. The number of rotatable bonds is 4. The Morgan fingerprint density at radius 3 is 2.56 bits per heavy atom. The number of hydrogen-bond acceptors (Lipinski definition) is 1. The van der Waals surface area contributed by atoms with Crippen molar-refractivity contribution in [3.05, 3.63) is 34.3 Å². The van der Waals surface area contributed by atoms with Gasteiger partial charge in [0.05, 0.1) is 0 Å². The summed E-state index contributed by atoms with van der Waals surface area (Å²) in [6, 6.07) is 6.67. The SMILES string of the molecule is CCC(CC)c1ccc(C2(C)CCCN2)cc1Cl. The fourth-order valence-electron chi connectivity index (χ4n) is 3.07. The van der Waals surface area contributed by atoms with Crippen LogP contribution in [0.1, 0.15) is 63.5 Å². The summed E-state index contributed by atoms with van der Waals surface area (Å²) in [5, 5.41) is 4.54. The van der Waals surface area contributed by atoms with Gasteiger partial charge in [0.25, 0.3) is 0 Å². The van der Waals surface area contributed by atoms with Gasteiger partial charge in [0, 0.05) is 10.6 Å². The molecule has 0 aliphatic carbocycles. The number of hydrogen-bond donors (Lipinski definition) is 1. The maximum Gasteiger partial charge on any atom is 0.0444 e. The molecule has 18 heavy (non-hydrogen) atoms. The van der Waals surface area contributed by atoms with Crippen LogP contribution in [0.5, 0.6) is 0 Å². The van der Waals surface area contributed by atoms with Crippen LogP contribution in [0.15, 0.2) is 18.2 Å². The van der Waals surface area contributed by atoms with Crippen molar-refractivity contribution in [3.8, 4) is 0 Å². The molecule has 0 saturated carbocycles. The van der Waals surface area contributed by atoms with E-state index in [9.17, 15) is 0 Å². The van der Waals surface area contributed by atoms with Gasteiger partial charge in [-0.15, -0.1) is 0 Å². The van der Waals surface area contributed by atoms with E-state index in [1.54, 1.807) is 0 Å². The molecule has 2 rings (SSSR count). The molecule has 0 bridgehead atoms. The third kappa shape index (κ3) is 2.57. The van der Waals surface area contributed by atoms with E-state index in [0.29, 0.717) is 5.92 Å². The zero-order valence-electron chi connectivity index (χ0n) is 11.7. The Labute approximate surface area is 116 Å². The molecule has 1 saturated heterocycles. The molecule has 1 heterocycles. The zero-order valence-corrected chi connectivity index (χ0v) is 12.5. The topological polar surface area (TPSA) is 12.0 Å².